The van der Waals surface area contributed by atoms with E-state index in [-0.39, 0.29) is 0 Å². The predicted molar refractivity (Wildman–Crippen MR) is 53.5 cm³/mol. The molecule has 0 aromatic heterocycles. The van der Waals surface area contributed by atoms with Crippen LogP contribution in [0.3, 0.4) is 0 Å². The van der Waals surface area contributed by atoms with Crippen molar-refractivity contribution in [3.05, 3.63) is 0 Å². The Morgan fingerprint density at radius 1 is 1.27 bits per heavy atom. The second kappa shape index (κ2) is 5.70. The molecule has 1 saturated heterocycles. The lowest BCUT2D eigenvalue weighted by Crippen LogP contribution is -2.37. The molecule has 15 heavy (non-hydrogen) atoms. The minimum atomic E-state index is -4.07. The normalized spacial score (nSPS) is 25.2. The van der Waals surface area contributed by atoms with Crippen LogP contribution in [0.25, 0.3) is 0 Å². The monoisotopic (exact) mass is 224 g/mol. The van der Waals surface area contributed by atoms with E-state index in [1.165, 1.54) is 4.90 Å². The molecule has 0 aliphatic carbocycles. The number of alkyl halides is 3. The molecule has 1 atom stereocenters. The second-order valence-corrected chi connectivity index (χ2v) is 4.29. The van der Waals surface area contributed by atoms with E-state index in [0.29, 0.717) is 25.6 Å². The van der Waals surface area contributed by atoms with Crippen molar-refractivity contribution in [2.45, 2.75) is 31.9 Å². The first-order valence-electron chi connectivity index (χ1n) is 5.50. The fraction of sp³-hybridized carbons (Fsp3) is 1.00. The molecule has 0 bridgehead atoms. The Labute approximate surface area is 88.6 Å². The van der Waals surface area contributed by atoms with E-state index in [4.69, 9.17) is 5.73 Å². The summed E-state index contributed by atoms with van der Waals surface area (Å²) >= 11 is 0. The van der Waals surface area contributed by atoms with Crippen LogP contribution in [0.1, 0.15) is 25.7 Å². The van der Waals surface area contributed by atoms with Crippen molar-refractivity contribution in [3.63, 3.8) is 0 Å². The Balaban J connectivity index is 2.42. The highest BCUT2D eigenvalue weighted by Gasteiger charge is 2.32. The van der Waals surface area contributed by atoms with Crippen molar-refractivity contribution in [2.24, 2.45) is 11.7 Å². The summed E-state index contributed by atoms with van der Waals surface area (Å²) in [6, 6.07) is 0. The first kappa shape index (κ1) is 12.8. The number of halogens is 3. The summed E-state index contributed by atoms with van der Waals surface area (Å²) in [4.78, 5) is 1.52. The third-order valence-corrected chi connectivity index (χ3v) is 2.83. The first-order chi connectivity index (χ1) is 7.01. The van der Waals surface area contributed by atoms with E-state index in [1.54, 1.807) is 0 Å². The second-order valence-electron chi connectivity index (χ2n) is 4.29. The highest BCUT2D eigenvalue weighted by atomic mass is 19.4. The molecule has 2 N–H and O–H groups in total. The maximum Gasteiger partial charge on any atom is 0.401 e. The molecule has 0 radical (unpaired) electrons. The SMILES string of the molecule is NCCC1CCCCN(CC(F)(F)F)C1. The standard InChI is InChI=1S/C10H19F3N2/c11-10(12,13)8-15-6-2-1-3-9(7-15)4-5-14/h9H,1-8,14H2. The number of hydrogen-bond donors (Lipinski definition) is 1. The van der Waals surface area contributed by atoms with Crippen molar-refractivity contribution in [1.29, 1.82) is 0 Å². The average Bonchev–Trinajstić information content (AvgIpc) is 2.28. The minimum Gasteiger partial charge on any atom is -0.330 e. The van der Waals surface area contributed by atoms with Gasteiger partial charge in [-0.15, -0.1) is 0 Å². The number of nitrogens with zero attached hydrogens (tertiary/aromatic N) is 1. The van der Waals surface area contributed by atoms with Crippen LogP contribution >= 0.6 is 0 Å². The van der Waals surface area contributed by atoms with Gasteiger partial charge in [-0.1, -0.05) is 6.42 Å². The smallest absolute Gasteiger partial charge is 0.330 e. The number of nitrogens with two attached hydrogens (primary N) is 1. The zero-order chi connectivity index (χ0) is 11.3. The molecule has 1 unspecified atom stereocenters. The molecule has 0 saturated carbocycles. The van der Waals surface area contributed by atoms with E-state index in [0.717, 1.165) is 25.7 Å². The quantitative estimate of drug-likeness (QED) is 0.794. The molecule has 0 amide bonds. The Kier molecular flexibility index (Phi) is 4.86. The van der Waals surface area contributed by atoms with E-state index in [1.807, 2.05) is 0 Å². The van der Waals surface area contributed by atoms with Gasteiger partial charge in [-0.25, -0.2) is 0 Å². The largest absolute Gasteiger partial charge is 0.401 e. The Bertz CT molecular complexity index is 182. The lowest BCUT2D eigenvalue weighted by Gasteiger charge is -2.24. The van der Waals surface area contributed by atoms with Crippen LogP contribution in [0.2, 0.25) is 0 Å². The Morgan fingerprint density at radius 3 is 2.60 bits per heavy atom. The van der Waals surface area contributed by atoms with Gasteiger partial charge in [-0.2, -0.15) is 13.2 Å². The fourth-order valence-corrected chi connectivity index (χ4v) is 2.18. The van der Waals surface area contributed by atoms with Gasteiger partial charge in [0.15, 0.2) is 0 Å². The van der Waals surface area contributed by atoms with Crippen molar-refractivity contribution >= 4 is 0 Å². The summed E-state index contributed by atoms with van der Waals surface area (Å²) in [6.07, 6.45) is -0.312. The van der Waals surface area contributed by atoms with Crippen LogP contribution in [0, 0.1) is 5.92 Å². The molecule has 0 spiro atoms. The summed E-state index contributed by atoms with van der Waals surface area (Å²) < 4.78 is 36.7. The predicted octanol–water partition coefficient (Wildman–Crippen LogP) is 2.00. The number of likely N-dealkylation sites (tertiary alicyclic amines) is 1. The third-order valence-electron chi connectivity index (χ3n) is 2.83. The summed E-state index contributed by atoms with van der Waals surface area (Å²) in [5, 5.41) is 0. The summed E-state index contributed by atoms with van der Waals surface area (Å²) in [6.45, 7) is 0.926. The van der Waals surface area contributed by atoms with E-state index >= 15 is 0 Å². The first-order valence-corrected chi connectivity index (χ1v) is 5.50. The van der Waals surface area contributed by atoms with Crippen LogP contribution in [-0.4, -0.2) is 37.3 Å². The van der Waals surface area contributed by atoms with E-state index < -0.39 is 12.7 Å². The van der Waals surface area contributed by atoms with Crippen LogP contribution < -0.4 is 5.73 Å². The number of hydrogen-bond acceptors (Lipinski definition) is 2. The van der Waals surface area contributed by atoms with Gasteiger partial charge in [0.05, 0.1) is 6.54 Å². The Morgan fingerprint density at radius 2 is 2.00 bits per heavy atom. The fourth-order valence-electron chi connectivity index (χ4n) is 2.18. The van der Waals surface area contributed by atoms with Crippen LogP contribution in [0.4, 0.5) is 13.2 Å². The molecule has 1 aliphatic heterocycles. The maximum atomic E-state index is 12.2. The van der Waals surface area contributed by atoms with E-state index in [2.05, 4.69) is 0 Å². The highest BCUT2D eigenvalue weighted by Crippen LogP contribution is 2.23. The summed E-state index contributed by atoms with van der Waals surface area (Å²) in [7, 11) is 0. The van der Waals surface area contributed by atoms with Gasteiger partial charge in [-0.3, -0.25) is 4.90 Å². The van der Waals surface area contributed by atoms with Crippen LogP contribution in [0.5, 0.6) is 0 Å². The molecule has 1 aliphatic rings. The molecule has 1 heterocycles. The van der Waals surface area contributed by atoms with Gasteiger partial charge in [0.2, 0.25) is 0 Å². The molecule has 5 heteroatoms. The molecule has 2 nitrogen and oxygen atoms in total. The molecule has 0 aromatic rings. The molecule has 1 rings (SSSR count). The zero-order valence-corrected chi connectivity index (χ0v) is 8.89. The van der Waals surface area contributed by atoms with Crippen LogP contribution in [0.15, 0.2) is 0 Å². The van der Waals surface area contributed by atoms with Crippen molar-refractivity contribution in [2.75, 3.05) is 26.2 Å². The average molecular weight is 224 g/mol. The molecule has 0 aromatic carbocycles. The molecule has 1 fully saturated rings. The Hall–Kier alpha value is -0.290. The van der Waals surface area contributed by atoms with Gasteiger partial charge in [0, 0.05) is 6.54 Å². The van der Waals surface area contributed by atoms with Gasteiger partial charge >= 0.3 is 6.18 Å². The van der Waals surface area contributed by atoms with Gasteiger partial charge < -0.3 is 5.73 Å². The topological polar surface area (TPSA) is 29.3 Å². The van der Waals surface area contributed by atoms with Crippen molar-refractivity contribution < 1.29 is 13.2 Å². The minimum absolute atomic E-state index is 0.347. The van der Waals surface area contributed by atoms with Crippen LogP contribution in [-0.2, 0) is 0 Å². The lowest BCUT2D eigenvalue weighted by atomic mass is 10.00. The summed E-state index contributed by atoms with van der Waals surface area (Å²) in [5.41, 5.74) is 5.44. The lowest BCUT2D eigenvalue weighted by molar-refractivity contribution is -0.146. The summed E-state index contributed by atoms with van der Waals surface area (Å²) in [5.74, 6) is 0.347. The molecular formula is C10H19F3N2. The number of rotatable bonds is 3. The third kappa shape index (κ3) is 5.37. The van der Waals surface area contributed by atoms with Gasteiger partial charge in [-0.05, 0) is 38.3 Å². The zero-order valence-electron chi connectivity index (χ0n) is 8.89. The van der Waals surface area contributed by atoms with Crippen molar-refractivity contribution in [1.82, 2.24) is 4.90 Å². The van der Waals surface area contributed by atoms with Gasteiger partial charge in [0.25, 0.3) is 0 Å². The van der Waals surface area contributed by atoms with Crippen molar-refractivity contribution in [3.8, 4) is 0 Å². The van der Waals surface area contributed by atoms with Gasteiger partial charge in [0.1, 0.15) is 0 Å². The molecular weight excluding hydrogens is 205 g/mol. The maximum absolute atomic E-state index is 12.2. The highest BCUT2D eigenvalue weighted by molar-refractivity contribution is 4.73. The van der Waals surface area contributed by atoms with E-state index in [9.17, 15) is 13.2 Å². The molecule has 90 valence electrons.